The third-order valence-corrected chi connectivity index (χ3v) is 8.81. The predicted octanol–water partition coefficient (Wildman–Crippen LogP) is 12.1. The number of carbonyl (C=O) groups excluding carboxylic acids is 2. The number of aliphatic hydroxyl groups excluding tert-OH is 1. The normalized spacial score (nSPS) is 12.2. The Morgan fingerprint density at radius 3 is 1.20 bits per heavy atom. The van der Waals surface area contributed by atoms with E-state index < -0.39 is 6.10 Å². The van der Waals surface area contributed by atoms with Crippen LogP contribution in [-0.4, -0.2) is 36.4 Å². The van der Waals surface area contributed by atoms with Crippen molar-refractivity contribution < 1.29 is 24.2 Å². The lowest BCUT2D eigenvalue weighted by Gasteiger charge is -2.15. The van der Waals surface area contributed by atoms with Crippen molar-refractivity contribution >= 4 is 11.9 Å². The molecule has 5 heteroatoms. The Labute approximate surface area is 280 Å². The van der Waals surface area contributed by atoms with Gasteiger partial charge in [0.1, 0.15) is 6.61 Å². The molecule has 1 N–H and O–H groups in total. The first-order valence-electron chi connectivity index (χ1n) is 19.7. The van der Waals surface area contributed by atoms with Crippen LogP contribution < -0.4 is 0 Å². The van der Waals surface area contributed by atoms with Crippen molar-refractivity contribution in [2.45, 2.75) is 219 Å². The molecule has 0 saturated heterocycles. The van der Waals surface area contributed by atoms with Gasteiger partial charge in [-0.2, -0.15) is 0 Å². The SMILES string of the molecule is CCCCCCCCCC/C=C\CCCCCCCCCC(=O)O[C@@H](CO)COC(=O)CCCCCCCCCCCCCC. The lowest BCUT2D eigenvalue weighted by molar-refractivity contribution is -0.161. The smallest absolute Gasteiger partial charge is 0.306 e. The molecule has 0 amide bonds. The number of carbonyl (C=O) groups is 2. The van der Waals surface area contributed by atoms with Crippen molar-refractivity contribution in [3.8, 4) is 0 Å². The second-order valence-corrected chi connectivity index (χ2v) is 13.4. The molecule has 0 fully saturated rings. The van der Waals surface area contributed by atoms with Gasteiger partial charge in [0.05, 0.1) is 6.61 Å². The van der Waals surface area contributed by atoms with Crippen LogP contribution in [0.15, 0.2) is 12.2 Å². The van der Waals surface area contributed by atoms with Gasteiger partial charge in [-0.1, -0.05) is 174 Å². The maximum absolute atomic E-state index is 12.2. The summed E-state index contributed by atoms with van der Waals surface area (Å²) in [6.45, 7) is 4.14. The van der Waals surface area contributed by atoms with Crippen LogP contribution in [0.2, 0.25) is 0 Å². The summed E-state index contributed by atoms with van der Waals surface area (Å²) in [5, 5.41) is 9.54. The fourth-order valence-electron chi connectivity index (χ4n) is 5.78. The lowest BCUT2D eigenvalue weighted by Crippen LogP contribution is -2.28. The summed E-state index contributed by atoms with van der Waals surface area (Å²) in [5.74, 6) is -0.587. The number of hydrogen-bond acceptors (Lipinski definition) is 5. The Hall–Kier alpha value is -1.36. The lowest BCUT2D eigenvalue weighted by atomic mass is 10.0. The average molecular weight is 637 g/mol. The number of ether oxygens (including phenoxy) is 2. The van der Waals surface area contributed by atoms with Crippen LogP contribution in [0, 0.1) is 0 Å². The van der Waals surface area contributed by atoms with Crippen molar-refractivity contribution in [1.29, 1.82) is 0 Å². The maximum atomic E-state index is 12.2. The van der Waals surface area contributed by atoms with Gasteiger partial charge in [0.25, 0.3) is 0 Å². The zero-order valence-electron chi connectivity index (χ0n) is 30.1. The van der Waals surface area contributed by atoms with E-state index in [9.17, 15) is 14.7 Å². The van der Waals surface area contributed by atoms with E-state index >= 15 is 0 Å². The molecule has 0 aromatic carbocycles. The first-order chi connectivity index (χ1) is 22.1. The van der Waals surface area contributed by atoms with Gasteiger partial charge in [-0.25, -0.2) is 0 Å². The first-order valence-corrected chi connectivity index (χ1v) is 19.7. The van der Waals surface area contributed by atoms with Gasteiger partial charge in [0, 0.05) is 12.8 Å². The van der Waals surface area contributed by atoms with Gasteiger partial charge in [-0.15, -0.1) is 0 Å². The highest BCUT2D eigenvalue weighted by molar-refractivity contribution is 5.70. The highest BCUT2D eigenvalue weighted by Crippen LogP contribution is 2.14. The minimum Gasteiger partial charge on any atom is -0.462 e. The first kappa shape index (κ1) is 43.6. The molecular formula is C40H76O5. The Morgan fingerprint density at radius 1 is 0.489 bits per heavy atom. The molecule has 0 unspecified atom stereocenters. The van der Waals surface area contributed by atoms with Gasteiger partial charge in [-0.3, -0.25) is 9.59 Å². The molecule has 0 heterocycles. The topological polar surface area (TPSA) is 72.8 Å². The van der Waals surface area contributed by atoms with E-state index in [-0.39, 0.29) is 25.2 Å². The third kappa shape index (κ3) is 35.3. The summed E-state index contributed by atoms with van der Waals surface area (Å²) < 4.78 is 10.6. The number of aliphatic hydroxyl groups is 1. The summed E-state index contributed by atoms with van der Waals surface area (Å²) in [6.07, 6.45) is 41.3. The van der Waals surface area contributed by atoms with E-state index in [1.807, 2.05) is 0 Å². The minimum atomic E-state index is -0.766. The van der Waals surface area contributed by atoms with E-state index in [4.69, 9.17) is 9.47 Å². The average Bonchev–Trinajstić information content (AvgIpc) is 3.04. The molecule has 0 bridgehead atoms. The molecule has 0 aliphatic heterocycles. The van der Waals surface area contributed by atoms with Crippen LogP contribution in [0.1, 0.15) is 213 Å². The van der Waals surface area contributed by atoms with Crippen molar-refractivity contribution in [2.75, 3.05) is 13.2 Å². The van der Waals surface area contributed by atoms with Crippen molar-refractivity contribution in [3.05, 3.63) is 12.2 Å². The molecule has 0 aromatic rings. The number of esters is 2. The molecule has 0 radical (unpaired) electrons. The molecule has 0 aliphatic rings. The minimum absolute atomic E-state index is 0.0618. The summed E-state index contributed by atoms with van der Waals surface area (Å²) in [4.78, 5) is 24.2. The Balaban J connectivity index is 3.52. The molecule has 0 spiro atoms. The molecule has 5 nitrogen and oxygen atoms in total. The summed E-state index contributed by atoms with van der Waals surface area (Å²) in [6, 6.07) is 0. The highest BCUT2D eigenvalue weighted by Gasteiger charge is 2.16. The Kier molecular flexibility index (Phi) is 36.0. The molecular weight excluding hydrogens is 560 g/mol. The van der Waals surface area contributed by atoms with Crippen LogP contribution in [0.4, 0.5) is 0 Å². The van der Waals surface area contributed by atoms with Gasteiger partial charge < -0.3 is 14.6 Å². The molecule has 266 valence electrons. The molecule has 45 heavy (non-hydrogen) atoms. The summed E-state index contributed by atoms with van der Waals surface area (Å²) >= 11 is 0. The number of allylic oxidation sites excluding steroid dienone is 2. The number of unbranched alkanes of at least 4 members (excludes halogenated alkanes) is 26. The van der Waals surface area contributed by atoms with Crippen molar-refractivity contribution in [3.63, 3.8) is 0 Å². The number of rotatable bonds is 36. The van der Waals surface area contributed by atoms with Crippen LogP contribution in [0.3, 0.4) is 0 Å². The largest absolute Gasteiger partial charge is 0.462 e. The molecule has 1 atom stereocenters. The predicted molar refractivity (Wildman–Crippen MR) is 192 cm³/mol. The van der Waals surface area contributed by atoms with Crippen molar-refractivity contribution in [2.24, 2.45) is 0 Å². The van der Waals surface area contributed by atoms with Crippen LogP contribution in [0.5, 0.6) is 0 Å². The monoisotopic (exact) mass is 637 g/mol. The third-order valence-electron chi connectivity index (χ3n) is 8.81. The van der Waals surface area contributed by atoms with Gasteiger partial charge in [0.2, 0.25) is 0 Å². The second kappa shape index (κ2) is 37.1. The Bertz CT molecular complexity index is 647. The molecule has 0 aliphatic carbocycles. The van der Waals surface area contributed by atoms with Crippen LogP contribution >= 0.6 is 0 Å². The second-order valence-electron chi connectivity index (χ2n) is 13.4. The molecule has 0 rings (SSSR count). The molecule has 0 saturated carbocycles. The zero-order valence-corrected chi connectivity index (χ0v) is 30.1. The standard InChI is InChI=1S/C40H76O5/c1-3-5-7-9-11-13-15-17-18-19-20-21-22-23-25-27-29-31-33-35-40(43)45-38(36-41)37-44-39(42)34-32-30-28-26-24-16-14-12-10-8-6-4-2/h19-20,38,41H,3-18,21-37H2,1-2H3/b20-19-/t38-/m0/s1. The van der Waals surface area contributed by atoms with E-state index in [0.29, 0.717) is 12.8 Å². The summed E-state index contributed by atoms with van der Waals surface area (Å²) in [5.41, 5.74) is 0. The van der Waals surface area contributed by atoms with Gasteiger partial charge in [0.15, 0.2) is 6.10 Å². The van der Waals surface area contributed by atoms with E-state index in [1.54, 1.807) is 0 Å². The number of hydrogen-bond donors (Lipinski definition) is 1. The van der Waals surface area contributed by atoms with Gasteiger partial charge in [-0.05, 0) is 38.5 Å². The summed E-state index contributed by atoms with van der Waals surface area (Å²) in [7, 11) is 0. The Morgan fingerprint density at radius 2 is 0.822 bits per heavy atom. The van der Waals surface area contributed by atoms with E-state index in [2.05, 4.69) is 26.0 Å². The van der Waals surface area contributed by atoms with Crippen LogP contribution in [0.25, 0.3) is 0 Å². The molecule has 0 aromatic heterocycles. The maximum Gasteiger partial charge on any atom is 0.306 e. The van der Waals surface area contributed by atoms with Crippen molar-refractivity contribution in [1.82, 2.24) is 0 Å². The zero-order chi connectivity index (χ0) is 32.9. The van der Waals surface area contributed by atoms with Gasteiger partial charge >= 0.3 is 11.9 Å². The highest BCUT2D eigenvalue weighted by atomic mass is 16.6. The fraction of sp³-hybridized carbons (Fsp3) is 0.900. The van der Waals surface area contributed by atoms with E-state index in [1.165, 1.54) is 148 Å². The van der Waals surface area contributed by atoms with E-state index in [0.717, 1.165) is 38.5 Å². The van der Waals surface area contributed by atoms with Crippen LogP contribution in [-0.2, 0) is 19.1 Å². The fourth-order valence-corrected chi connectivity index (χ4v) is 5.78. The quantitative estimate of drug-likeness (QED) is 0.0421.